The summed E-state index contributed by atoms with van der Waals surface area (Å²) in [5.74, 6) is 1.48. The summed E-state index contributed by atoms with van der Waals surface area (Å²) in [6, 6.07) is 86.0. The molecule has 98 heavy (non-hydrogen) atoms. The van der Waals surface area contributed by atoms with Crippen LogP contribution in [0.2, 0.25) is 0 Å². The summed E-state index contributed by atoms with van der Waals surface area (Å²) in [6.45, 7) is 4.27. The van der Waals surface area contributed by atoms with Gasteiger partial charge >= 0.3 is 19.8 Å². The molecule has 10 unspecified atom stereocenters. The van der Waals surface area contributed by atoms with Crippen LogP contribution in [0, 0.1) is 0 Å². The first-order chi connectivity index (χ1) is 47.6. The van der Waals surface area contributed by atoms with Crippen LogP contribution < -0.4 is 0 Å². The van der Waals surface area contributed by atoms with E-state index in [9.17, 15) is 19.0 Å². The maximum Gasteiger partial charge on any atom is 0.472 e. The molecule has 8 rings (SSSR count). The minimum atomic E-state index is -4.59. The van der Waals surface area contributed by atoms with Crippen LogP contribution in [0.3, 0.4) is 0 Å². The van der Waals surface area contributed by atoms with Gasteiger partial charge in [0.05, 0.1) is 40.6 Å². The summed E-state index contributed by atoms with van der Waals surface area (Å²) in [6.07, 6.45) is 17.8. The number of rotatable bonds is 46. The molecule has 0 aliphatic rings. The Bertz CT molecular complexity index is 3470. The molecule has 10 atom stereocenters. The number of quaternary nitrogens is 1. The van der Waals surface area contributed by atoms with Crippen molar-refractivity contribution in [2.45, 2.75) is 196 Å². The molecule has 0 aliphatic carbocycles. The zero-order chi connectivity index (χ0) is 69.1. The number of likely N-dealkylation sites (N-methyl/N-ethyl adjacent to an activating group) is 1. The third-order valence-corrected chi connectivity index (χ3v) is 21.1. The number of phosphoric ester groups is 1. The van der Waals surface area contributed by atoms with E-state index in [1.165, 1.54) is 52.6 Å². The molecule has 1 N–H and O–H groups in total. The topological polar surface area (TPSA) is 108 Å². The van der Waals surface area contributed by atoms with Crippen molar-refractivity contribution in [2.24, 2.45) is 0 Å². The van der Waals surface area contributed by atoms with Crippen LogP contribution in [0.1, 0.15) is 234 Å². The van der Waals surface area contributed by atoms with Gasteiger partial charge in [-0.25, -0.2) is 4.57 Å². The Morgan fingerprint density at radius 2 is 0.602 bits per heavy atom. The summed E-state index contributed by atoms with van der Waals surface area (Å²) in [7, 11) is 1.29. The van der Waals surface area contributed by atoms with Gasteiger partial charge in [-0.15, -0.1) is 0 Å². The summed E-state index contributed by atoms with van der Waals surface area (Å²) in [5, 5.41) is 0. The lowest BCUT2D eigenvalue weighted by Crippen LogP contribution is -2.37. The Hall–Kier alpha value is -7.23. The summed E-state index contributed by atoms with van der Waals surface area (Å²) < 4.78 is 37.1. The second-order valence-electron chi connectivity index (χ2n) is 28.7. The van der Waals surface area contributed by atoms with Gasteiger partial charge < -0.3 is 18.9 Å². The Morgan fingerprint density at radius 3 is 0.898 bits per heavy atom. The highest BCUT2D eigenvalue weighted by atomic mass is 31.2. The van der Waals surface area contributed by atoms with Gasteiger partial charge in [-0.05, 0) is 169 Å². The standard InChI is InChI=1S/C88H112NO8P/c1-70(72-38-14-6-15-39-72)36-30-54-78(74-42-18-8-19-43-74)56-32-58-80(76-46-22-10-23-47-76)60-34-62-84(82-50-26-12-27-51-82)66-87(90)94-68-86(69-96-98(92,93)95-65-64-89(3,4)5)97-88(91)67-85(83-52-28-13-29-53-83)63-35-61-81(77-48-24-11-25-49-77)59-33-57-79(75-44-20-9-21-45-75)55-31-37-71(2)73-40-16-7-17-41-73/h6-29,38-53,70-71,78-81,84-86H,30-37,54-69H2,1-5H3/p+1. The van der Waals surface area contributed by atoms with Crippen molar-refractivity contribution in [1.29, 1.82) is 0 Å². The van der Waals surface area contributed by atoms with Gasteiger partial charge in [-0.1, -0.05) is 295 Å². The molecule has 0 fully saturated rings. The van der Waals surface area contributed by atoms with Gasteiger partial charge in [-0.3, -0.25) is 18.6 Å². The predicted octanol–water partition coefficient (Wildman–Crippen LogP) is 22.4. The lowest BCUT2D eigenvalue weighted by molar-refractivity contribution is -0.870. The molecule has 9 nitrogen and oxygen atoms in total. The number of carbonyl (C=O) groups is 2. The average molecular weight is 1340 g/mol. The third-order valence-electron chi connectivity index (χ3n) is 20.2. The molecule has 10 heteroatoms. The molecule has 0 radical (unpaired) electrons. The molecular weight excluding hydrogens is 1230 g/mol. The Morgan fingerprint density at radius 1 is 0.347 bits per heavy atom. The second kappa shape index (κ2) is 42.0. The van der Waals surface area contributed by atoms with E-state index in [0.29, 0.717) is 46.5 Å². The maximum atomic E-state index is 14.4. The Kier molecular flexibility index (Phi) is 32.8. The van der Waals surface area contributed by atoms with Gasteiger partial charge in [0.2, 0.25) is 0 Å². The van der Waals surface area contributed by atoms with E-state index in [0.717, 1.165) is 107 Å². The number of benzene rings is 8. The van der Waals surface area contributed by atoms with E-state index >= 15 is 0 Å². The fraction of sp³-hybridized carbons (Fsp3) is 0.432. The van der Waals surface area contributed by atoms with Crippen molar-refractivity contribution in [1.82, 2.24) is 0 Å². The SMILES string of the molecule is CC(CCCC(CCCC(CCCC(CC(=O)OCC(COP(=O)(O)OCC[N+](C)(C)C)OC(=O)CC(CCCC(CCCC(CCCC(C)c1ccccc1)c1ccccc1)c1ccccc1)c1ccccc1)c1ccccc1)c1ccccc1)c1ccccc1)c1ccccc1. The highest BCUT2D eigenvalue weighted by molar-refractivity contribution is 7.47. The lowest BCUT2D eigenvalue weighted by atomic mass is 9.82. The van der Waals surface area contributed by atoms with Gasteiger partial charge in [0.25, 0.3) is 0 Å². The summed E-state index contributed by atoms with van der Waals surface area (Å²) >= 11 is 0. The van der Waals surface area contributed by atoms with E-state index in [2.05, 4.69) is 220 Å². The first-order valence-electron chi connectivity index (χ1n) is 36.8. The third kappa shape index (κ3) is 28.2. The number of hydrogen-bond acceptors (Lipinski definition) is 7. The average Bonchev–Trinajstić information content (AvgIpc) is 1.11. The predicted molar refractivity (Wildman–Crippen MR) is 403 cm³/mol. The zero-order valence-corrected chi connectivity index (χ0v) is 60.4. The van der Waals surface area contributed by atoms with E-state index < -0.39 is 32.5 Å². The number of nitrogens with zero attached hydrogens (tertiary/aromatic N) is 1. The maximum absolute atomic E-state index is 14.4. The molecular formula is C88H113NO8P+. The lowest BCUT2D eigenvalue weighted by Gasteiger charge is -2.25. The van der Waals surface area contributed by atoms with Crippen LogP contribution in [0.5, 0.6) is 0 Å². The van der Waals surface area contributed by atoms with Crippen molar-refractivity contribution >= 4 is 19.8 Å². The van der Waals surface area contributed by atoms with E-state index in [4.69, 9.17) is 18.5 Å². The summed E-state index contributed by atoms with van der Waals surface area (Å²) in [5.41, 5.74) is 10.4. The molecule has 522 valence electrons. The number of carbonyl (C=O) groups excluding carboxylic acids is 2. The van der Waals surface area contributed by atoms with Gasteiger partial charge in [0.15, 0.2) is 6.10 Å². The number of hydrogen-bond donors (Lipinski definition) is 1. The normalized spacial score (nSPS) is 15.1. The molecule has 0 amide bonds. The van der Waals surface area contributed by atoms with E-state index in [-0.39, 0.29) is 37.9 Å². The van der Waals surface area contributed by atoms with Crippen LogP contribution in [-0.4, -0.2) is 74.9 Å². The van der Waals surface area contributed by atoms with Crippen molar-refractivity contribution in [3.05, 3.63) is 287 Å². The number of phosphoric acid groups is 1. The summed E-state index contributed by atoms with van der Waals surface area (Å²) in [4.78, 5) is 39.6. The monoisotopic (exact) mass is 1340 g/mol. The van der Waals surface area contributed by atoms with E-state index in [1.807, 2.05) is 57.5 Å². The first kappa shape index (κ1) is 76.5. The second-order valence-corrected chi connectivity index (χ2v) is 30.1. The number of esters is 2. The quantitative estimate of drug-likeness (QED) is 0.0228. The molecule has 0 aromatic heterocycles. The molecule has 0 saturated carbocycles. The van der Waals surface area contributed by atoms with Crippen molar-refractivity contribution in [3.8, 4) is 0 Å². The number of ether oxygens (including phenoxy) is 2. The van der Waals surface area contributed by atoms with Crippen molar-refractivity contribution in [2.75, 3.05) is 47.5 Å². The fourth-order valence-electron chi connectivity index (χ4n) is 14.4. The molecule has 0 aliphatic heterocycles. The van der Waals surface area contributed by atoms with Gasteiger partial charge in [0.1, 0.15) is 19.8 Å². The molecule has 0 saturated heterocycles. The van der Waals surface area contributed by atoms with Gasteiger partial charge in [-0.2, -0.15) is 0 Å². The Labute approximate surface area is 589 Å². The molecule has 0 spiro atoms. The molecule has 8 aromatic carbocycles. The highest BCUT2D eigenvalue weighted by Crippen LogP contribution is 2.44. The largest absolute Gasteiger partial charge is 0.472 e. The van der Waals surface area contributed by atoms with Crippen LogP contribution in [-0.2, 0) is 32.7 Å². The fourth-order valence-corrected chi connectivity index (χ4v) is 15.1. The van der Waals surface area contributed by atoms with Crippen LogP contribution in [0.15, 0.2) is 243 Å². The smallest absolute Gasteiger partial charge is 0.462 e. The molecule has 0 heterocycles. The minimum Gasteiger partial charge on any atom is -0.462 e. The first-order valence-corrected chi connectivity index (χ1v) is 38.3. The Balaban J connectivity index is 0.891. The zero-order valence-electron chi connectivity index (χ0n) is 59.5. The van der Waals surface area contributed by atoms with E-state index in [1.54, 1.807) is 0 Å². The van der Waals surface area contributed by atoms with Gasteiger partial charge in [0, 0.05) is 0 Å². The minimum absolute atomic E-state index is 0.0270. The van der Waals surface area contributed by atoms with Crippen molar-refractivity contribution in [3.63, 3.8) is 0 Å². The van der Waals surface area contributed by atoms with Crippen LogP contribution in [0.25, 0.3) is 0 Å². The van der Waals surface area contributed by atoms with Crippen molar-refractivity contribution < 1.29 is 42.1 Å². The molecule has 0 bridgehead atoms. The molecule has 8 aromatic rings. The van der Waals surface area contributed by atoms with Crippen LogP contribution >= 0.6 is 7.82 Å². The van der Waals surface area contributed by atoms with Crippen LogP contribution in [0.4, 0.5) is 0 Å². The highest BCUT2D eigenvalue weighted by Gasteiger charge is 2.30.